The van der Waals surface area contributed by atoms with Crippen molar-refractivity contribution in [2.24, 2.45) is 0 Å². The van der Waals surface area contributed by atoms with Gasteiger partial charge in [-0.2, -0.15) is 0 Å². The first-order valence-electron chi connectivity index (χ1n) is 2.61. The summed E-state index contributed by atoms with van der Waals surface area (Å²) in [6.07, 6.45) is 3.62. The van der Waals surface area contributed by atoms with Crippen molar-refractivity contribution in [2.45, 2.75) is 19.4 Å². The van der Waals surface area contributed by atoms with E-state index in [0.29, 0.717) is 12.7 Å². The molecule has 3 heteroatoms. The Morgan fingerprint density at radius 2 is 2.22 bits per heavy atom. The van der Waals surface area contributed by atoms with Crippen molar-refractivity contribution in [1.82, 2.24) is 0 Å². The van der Waals surface area contributed by atoms with Gasteiger partial charge in [0.05, 0.1) is 6.10 Å². The molecule has 9 heavy (non-hydrogen) atoms. The summed E-state index contributed by atoms with van der Waals surface area (Å²) < 4.78 is 0. The van der Waals surface area contributed by atoms with Gasteiger partial charge < -0.3 is 10.6 Å². The van der Waals surface area contributed by atoms with Gasteiger partial charge >= 0.3 is 0 Å². The number of carbonyl (C=O) groups excluding carboxylic acids is 1. The minimum atomic E-state index is -0.458. The first-order valence-corrected chi connectivity index (χ1v) is 2.61. The third kappa shape index (κ3) is 7.33. The van der Waals surface area contributed by atoms with Crippen molar-refractivity contribution in [1.29, 1.82) is 0 Å². The summed E-state index contributed by atoms with van der Waals surface area (Å²) in [5.41, 5.74) is 0. The molecule has 0 rings (SSSR count). The lowest BCUT2D eigenvalue weighted by atomic mass is 10.3. The number of aliphatic hydroxyl groups is 1. The Morgan fingerprint density at radius 1 is 1.67 bits per heavy atom. The van der Waals surface area contributed by atoms with Gasteiger partial charge in [-0.05, 0) is 12.5 Å². The van der Waals surface area contributed by atoms with E-state index in [-0.39, 0.29) is 5.48 Å². The number of allylic oxidation sites excluding steroid dienone is 1. The number of aliphatic hydroxyl groups excluding tert-OH is 1. The standard InChI is InChI=1S/C6H10O2.H2O/c1-2-6(8)4-3-5-7;/h3-6,8H,2H2,1H3;1H2. The van der Waals surface area contributed by atoms with Gasteiger partial charge in [0.25, 0.3) is 0 Å². The van der Waals surface area contributed by atoms with Crippen LogP contribution in [0.3, 0.4) is 0 Å². The molecule has 3 N–H and O–H groups in total. The fourth-order valence-corrected chi connectivity index (χ4v) is 0.310. The van der Waals surface area contributed by atoms with Crippen molar-refractivity contribution < 1.29 is 15.4 Å². The molecule has 0 spiro atoms. The molecule has 0 heterocycles. The minimum absolute atomic E-state index is 0. The lowest BCUT2D eigenvalue weighted by Crippen LogP contribution is -1.97. The van der Waals surface area contributed by atoms with Crippen LogP contribution in [-0.2, 0) is 4.79 Å². The summed E-state index contributed by atoms with van der Waals surface area (Å²) >= 11 is 0. The molecule has 0 aromatic carbocycles. The summed E-state index contributed by atoms with van der Waals surface area (Å²) in [7, 11) is 0. The monoisotopic (exact) mass is 132 g/mol. The van der Waals surface area contributed by atoms with E-state index in [4.69, 9.17) is 5.11 Å². The van der Waals surface area contributed by atoms with Crippen molar-refractivity contribution >= 4 is 6.29 Å². The molecule has 0 radical (unpaired) electrons. The summed E-state index contributed by atoms with van der Waals surface area (Å²) in [5.74, 6) is 0. The third-order valence-electron chi connectivity index (χ3n) is 0.830. The molecule has 0 bridgehead atoms. The van der Waals surface area contributed by atoms with E-state index < -0.39 is 6.10 Å². The van der Waals surface area contributed by atoms with E-state index in [2.05, 4.69) is 0 Å². The molecule has 0 fully saturated rings. The van der Waals surface area contributed by atoms with Crippen LogP contribution in [0.4, 0.5) is 0 Å². The summed E-state index contributed by atoms with van der Waals surface area (Å²) in [6.45, 7) is 1.85. The second-order valence-electron chi connectivity index (χ2n) is 1.50. The molecular weight excluding hydrogens is 120 g/mol. The lowest BCUT2D eigenvalue weighted by molar-refractivity contribution is -0.104. The van der Waals surface area contributed by atoms with E-state index in [1.54, 1.807) is 0 Å². The predicted molar refractivity (Wildman–Crippen MR) is 35.1 cm³/mol. The Hall–Kier alpha value is -0.670. The average Bonchev–Trinajstić information content (AvgIpc) is 1.83. The first-order chi connectivity index (χ1) is 3.81. The highest BCUT2D eigenvalue weighted by Gasteiger charge is 1.89. The largest absolute Gasteiger partial charge is 0.412 e. The maximum atomic E-state index is 9.63. The molecule has 1 atom stereocenters. The molecule has 0 aromatic heterocycles. The topological polar surface area (TPSA) is 68.8 Å². The quantitative estimate of drug-likeness (QED) is 0.422. The highest BCUT2D eigenvalue weighted by atomic mass is 16.3. The Labute approximate surface area is 54.3 Å². The molecule has 1 unspecified atom stereocenters. The number of rotatable bonds is 3. The second kappa shape index (κ2) is 7.33. The molecule has 0 aromatic rings. The van der Waals surface area contributed by atoms with E-state index in [1.807, 2.05) is 6.92 Å². The van der Waals surface area contributed by atoms with Crippen LogP contribution in [0.2, 0.25) is 0 Å². The van der Waals surface area contributed by atoms with Gasteiger partial charge in [0.15, 0.2) is 0 Å². The Kier molecular flexibility index (Phi) is 9.10. The van der Waals surface area contributed by atoms with Crippen LogP contribution in [0.15, 0.2) is 12.2 Å². The summed E-state index contributed by atoms with van der Waals surface area (Å²) in [4.78, 5) is 9.63. The molecular formula is C6H12O3. The Balaban J connectivity index is 0. The molecule has 0 amide bonds. The van der Waals surface area contributed by atoms with Crippen molar-refractivity contribution in [3.8, 4) is 0 Å². The number of aldehydes is 1. The number of hydrogen-bond donors (Lipinski definition) is 1. The second-order valence-corrected chi connectivity index (χ2v) is 1.50. The predicted octanol–water partition coefficient (Wildman–Crippen LogP) is -0.312. The molecule has 0 aliphatic rings. The van der Waals surface area contributed by atoms with Gasteiger partial charge in [-0.1, -0.05) is 13.0 Å². The maximum Gasteiger partial charge on any atom is 0.142 e. The van der Waals surface area contributed by atoms with E-state index in [9.17, 15) is 4.79 Å². The van der Waals surface area contributed by atoms with Crippen molar-refractivity contribution in [3.05, 3.63) is 12.2 Å². The molecule has 0 saturated heterocycles. The van der Waals surface area contributed by atoms with Crippen LogP contribution in [-0.4, -0.2) is 23.0 Å². The fourth-order valence-electron chi connectivity index (χ4n) is 0.310. The molecule has 3 nitrogen and oxygen atoms in total. The Morgan fingerprint density at radius 3 is 2.56 bits per heavy atom. The molecule has 0 aliphatic carbocycles. The van der Waals surface area contributed by atoms with Crippen LogP contribution >= 0.6 is 0 Å². The summed E-state index contributed by atoms with van der Waals surface area (Å²) in [6, 6.07) is 0. The van der Waals surface area contributed by atoms with Crippen molar-refractivity contribution in [2.75, 3.05) is 0 Å². The molecule has 54 valence electrons. The summed E-state index contributed by atoms with van der Waals surface area (Å²) in [5, 5.41) is 8.74. The smallest absolute Gasteiger partial charge is 0.142 e. The van der Waals surface area contributed by atoms with Crippen LogP contribution in [0.1, 0.15) is 13.3 Å². The lowest BCUT2D eigenvalue weighted by Gasteiger charge is -1.94. The zero-order valence-electron chi connectivity index (χ0n) is 5.37. The van der Waals surface area contributed by atoms with Crippen molar-refractivity contribution in [3.63, 3.8) is 0 Å². The molecule has 0 saturated carbocycles. The SMILES string of the molecule is CCC(O)C=CC=O.O. The van der Waals surface area contributed by atoms with Gasteiger partial charge in [-0.25, -0.2) is 0 Å². The highest BCUT2D eigenvalue weighted by molar-refractivity contribution is 5.64. The minimum Gasteiger partial charge on any atom is -0.412 e. The average molecular weight is 132 g/mol. The normalized spacial score (nSPS) is 12.7. The zero-order valence-corrected chi connectivity index (χ0v) is 5.37. The highest BCUT2D eigenvalue weighted by Crippen LogP contribution is 1.88. The van der Waals surface area contributed by atoms with Gasteiger partial charge in [0.2, 0.25) is 0 Å². The fraction of sp³-hybridized carbons (Fsp3) is 0.500. The number of carbonyl (C=O) groups is 1. The number of hydrogen-bond acceptors (Lipinski definition) is 2. The van der Waals surface area contributed by atoms with Gasteiger partial charge in [0, 0.05) is 0 Å². The van der Waals surface area contributed by atoms with Gasteiger partial charge in [0.1, 0.15) is 6.29 Å². The maximum absolute atomic E-state index is 9.63. The van der Waals surface area contributed by atoms with Gasteiger partial charge in [-0.3, -0.25) is 4.79 Å². The van der Waals surface area contributed by atoms with Crippen LogP contribution in [0, 0.1) is 0 Å². The van der Waals surface area contributed by atoms with E-state index in [1.165, 1.54) is 12.2 Å². The van der Waals surface area contributed by atoms with Gasteiger partial charge in [-0.15, -0.1) is 0 Å². The Bertz CT molecular complexity index is 88.3. The third-order valence-corrected chi connectivity index (χ3v) is 0.830. The van der Waals surface area contributed by atoms with E-state index >= 15 is 0 Å². The van der Waals surface area contributed by atoms with Crippen LogP contribution in [0.5, 0.6) is 0 Å². The first kappa shape index (κ1) is 11.2. The van der Waals surface area contributed by atoms with E-state index in [0.717, 1.165) is 0 Å². The zero-order chi connectivity index (χ0) is 6.41. The van der Waals surface area contributed by atoms with Crippen LogP contribution < -0.4 is 0 Å². The molecule has 0 aliphatic heterocycles. The van der Waals surface area contributed by atoms with Crippen LogP contribution in [0.25, 0.3) is 0 Å².